The van der Waals surface area contributed by atoms with E-state index in [1.54, 1.807) is 23.5 Å². The van der Waals surface area contributed by atoms with Crippen molar-refractivity contribution in [3.63, 3.8) is 0 Å². The number of carbonyl (C=O) groups excluding carboxylic acids is 1. The van der Waals surface area contributed by atoms with Gasteiger partial charge in [0.25, 0.3) is 5.91 Å². The van der Waals surface area contributed by atoms with Crippen LogP contribution in [0.3, 0.4) is 0 Å². The van der Waals surface area contributed by atoms with Gasteiger partial charge in [-0.15, -0.1) is 11.3 Å². The number of aromatic nitrogens is 1. The van der Waals surface area contributed by atoms with E-state index in [4.69, 9.17) is 5.73 Å². The van der Waals surface area contributed by atoms with Crippen molar-refractivity contribution >= 4 is 17.2 Å². The molecule has 1 aromatic heterocycles. The topological polar surface area (TPSA) is 68.0 Å². The Balaban J connectivity index is 1.82. The van der Waals surface area contributed by atoms with E-state index in [-0.39, 0.29) is 5.91 Å². The van der Waals surface area contributed by atoms with E-state index in [0.717, 1.165) is 23.4 Å². The number of aryl methyl sites for hydroxylation is 1. The SMILES string of the molecule is CCc1cnc(CCNC(=O)c2ccc(CN)cc2)s1. The zero-order chi connectivity index (χ0) is 14.4. The molecule has 0 radical (unpaired) electrons. The molecule has 106 valence electrons. The highest BCUT2D eigenvalue weighted by Crippen LogP contribution is 2.13. The van der Waals surface area contributed by atoms with Crippen LogP contribution in [0.2, 0.25) is 0 Å². The van der Waals surface area contributed by atoms with E-state index in [2.05, 4.69) is 17.2 Å². The Morgan fingerprint density at radius 1 is 1.35 bits per heavy atom. The minimum absolute atomic E-state index is 0.0548. The monoisotopic (exact) mass is 289 g/mol. The molecule has 1 aromatic carbocycles. The average Bonchev–Trinajstić information content (AvgIpc) is 2.95. The molecule has 2 rings (SSSR count). The maximum absolute atomic E-state index is 11.9. The zero-order valence-corrected chi connectivity index (χ0v) is 12.4. The lowest BCUT2D eigenvalue weighted by Gasteiger charge is -2.04. The molecule has 0 fully saturated rings. The van der Waals surface area contributed by atoms with E-state index in [0.29, 0.717) is 18.7 Å². The molecule has 0 aliphatic carbocycles. The van der Waals surface area contributed by atoms with Crippen LogP contribution in [-0.4, -0.2) is 17.4 Å². The molecule has 4 nitrogen and oxygen atoms in total. The summed E-state index contributed by atoms with van der Waals surface area (Å²) >= 11 is 1.71. The highest BCUT2D eigenvalue weighted by atomic mass is 32.1. The largest absolute Gasteiger partial charge is 0.352 e. The van der Waals surface area contributed by atoms with Gasteiger partial charge >= 0.3 is 0 Å². The molecule has 2 aromatic rings. The van der Waals surface area contributed by atoms with Crippen LogP contribution in [0.15, 0.2) is 30.5 Å². The van der Waals surface area contributed by atoms with Gasteiger partial charge in [-0.3, -0.25) is 4.79 Å². The summed E-state index contributed by atoms with van der Waals surface area (Å²) < 4.78 is 0. The Labute approximate surface area is 123 Å². The van der Waals surface area contributed by atoms with Crippen molar-refractivity contribution in [1.82, 2.24) is 10.3 Å². The average molecular weight is 289 g/mol. The summed E-state index contributed by atoms with van der Waals surface area (Å²) in [6.07, 6.45) is 3.70. The molecule has 1 heterocycles. The van der Waals surface area contributed by atoms with E-state index in [9.17, 15) is 4.79 Å². The Bertz CT molecular complexity index is 563. The number of amides is 1. The quantitative estimate of drug-likeness (QED) is 0.856. The molecule has 0 aliphatic heterocycles. The molecule has 0 saturated carbocycles. The number of nitrogens with two attached hydrogens (primary N) is 1. The van der Waals surface area contributed by atoms with Gasteiger partial charge in [-0.25, -0.2) is 4.98 Å². The lowest BCUT2D eigenvalue weighted by atomic mass is 10.1. The normalized spacial score (nSPS) is 10.5. The van der Waals surface area contributed by atoms with Crippen molar-refractivity contribution in [1.29, 1.82) is 0 Å². The summed E-state index contributed by atoms with van der Waals surface area (Å²) in [5.74, 6) is -0.0548. The van der Waals surface area contributed by atoms with Gasteiger partial charge in [0.05, 0.1) is 5.01 Å². The molecule has 0 aliphatic rings. The second-order valence-corrected chi connectivity index (χ2v) is 5.68. The number of hydrogen-bond acceptors (Lipinski definition) is 4. The second kappa shape index (κ2) is 7.17. The van der Waals surface area contributed by atoms with Crippen molar-refractivity contribution < 1.29 is 4.79 Å². The summed E-state index contributed by atoms with van der Waals surface area (Å²) in [7, 11) is 0. The van der Waals surface area contributed by atoms with Gasteiger partial charge in [-0.1, -0.05) is 19.1 Å². The number of benzene rings is 1. The molecule has 0 saturated heterocycles. The summed E-state index contributed by atoms with van der Waals surface area (Å²) in [5, 5.41) is 3.98. The Morgan fingerprint density at radius 3 is 2.70 bits per heavy atom. The molecule has 3 N–H and O–H groups in total. The highest BCUT2D eigenvalue weighted by molar-refractivity contribution is 7.11. The summed E-state index contributed by atoms with van der Waals surface area (Å²) in [4.78, 5) is 17.6. The lowest BCUT2D eigenvalue weighted by Crippen LogP contribution is -2.25. The van der Waals surface area contributed by atoms with Crippen LogP contribution < -0.4 is 11.1 Å². The number of nitrogens with zero attached hydrogens (tertiary/aromatic N) is 1. The van der Waals surface area contributed by atoms with Crippen LogP contribution in [0, 0.1) is 0 Å². The molecule has 0 spiro atoms. The maximum atomic E-state index is 11.9. The van der Waals surface area contributed by atoms with Crippen LogP contribution in [0.5, 0.6) is 0 Å². The van der Waals surface area contributed by atoms with E-state index in [1.807, 2.05) is 18.3 Å². The minimum Gasteiger partial charge on any atom is -0.352 e. The lowest BCUT2D eigenvalue weighted by molar-refractivity contribution is 0.0954. The molecule has 1 amide bonds. The van der Waals surface area contributed by atoms with Gasteiger partial charge in [0, 0.05) is 36.1 Å². The molecule has 5 heteroatoms. The third-order valence-electron chi connectivity index (χ3n) is 3.03. The number of carbonyl (C=O) groups is 1. The number of nitrogens with one attached hydrogen (secondary N) is 1. The van der Waals surface area contributed by atoms with Crippen molar-refractivity contribution in [2.24, 2.45) is 5.73 Å². The molecular weight excluding hydrogens is 270 g/mol. The van der Waals surface area contributed by atoms with Gasteiger partial charge < -0.3 is 11.1 Å². The van der Waals surface area contributed by atoms with Crippen LogP contribution in [0.25, 0.3) is 0 Å². The Kier molecular flexibility index (Phi) is 5.26. The molecular formula is C15H19N3OS. The second-order valence-electron chi connectivity index (χ2n) is 4.48. The van der Waals surface area contributed by atoms with E-state index < -0.39 is 0 Å². The highest BCUT2D eigenvalue weighted by Gasteiger charge is 2.06. The minimum atomic E-state index is -0.0548. The number of hydrogen-bond donors (Lipinski definition) is 2. The maximum Gasteiger partial charge on any atom is 0.251 e. The predicted octanol–water partition coefficient (Wildman–Crippen LogP) is 2.14. The molecule has 0 bridgehead atoms. The fraction of sp³-hybridized carbons (Fsp3) is 0.333. The smallest absolute Gasteiger partial charge is 0.251 e. The number of rotatable bonds is 6. The molecule has 0 atom stereocenters. The van der Waals surface area contributed by atoms with Crippen LogP contribution in [0.1, 0.15) is 32.7 Å². The first kappa shape index (κ1) is 14.7. The molecule has 20 heavy (non-hydrogen) atoms. The Morgan fingerprint density at radius 2 is 2.10 bits per heavy atom. The third-order valence-corrected chi connectivity index (χ3v) is 4.23. The van der Waals surface area contributed by atoms with Gasteiger partial charge in [0.2, 0.25) is 0 Å². The fourth-order valence-corrected chi connectivity index (χ4v) is 2.67. The predicted molar refractivity (Wildman–Crippen MR) is 81.9 cm³/mol. The van der Waals surface area contributed by atoms with Crippen LogP contribution in [0.4, 0.5) is 0 Å². The summed E-state index contributed by atoms with van der Waals surface area (Å²) in [5.41, 5.74) is 7.21. The van der Waals surface area contributed by atoms with Crippen molar-refractivity contribution in [2.45, 2.75) is 26.3 Å². The van der Waals surface area contributed by atoms with Gasteiger partial charge in [-0.05, 0) is 24.1 Å². The first-order valence-electron chi connectivity index (χ1n) is 6.73. The Hall–Kier alpha value is -1.72. The third kappa shape index (κ3) is 3.88. The van der Waals surface area contributed by atoms with Gasteiger partial charge in [0.1, 0.15) is 0 Å². The van der Waals surface area contributed by atoms with Gasteiger partial charge in [-0.2, -0.15) is 0 Å². The van der Waals surface area contributed by atoms with E-state index >= 15 is 0 Å². The van der Waals surface area contributed by atoms with Crippen LogP contribution >= 0.6 is 11.3 Å². The van der Waals surface area contributed by atoms with Crippen LogP contribution in [-0.2, 0) is 19.4 Å². The van der Waals surface area contributed by atoms with Crippen molar-refractivity contribution in [3.05, 3.63) is 51.5 Å². The fourth-order valence-electron chi connectivity index (χ4n) is 1.80. The number of thiazole rings is 1. The summed E-state index contributed by atoms with van der Waals surface area (Å²) in [6, 6.07) is 7.36. The van der Waals surface area contributed by atoms with E-state index in [1.165, 1.54) is 4.88 Å². The summed E-state index contributed by atoms with van der Waals surface area (Å²) in [6.45, 7) is 3.21. The zero-order valence-electron chi connectivity index (χ0n) is 11.6. The first-order valence-corrected chi connectivity index (χ1v) is 7.55. The van der Waals surface area contributed by atoms with Gasteiger partial charge in [0.15, 0.2) is 0 Å². The molecule has 0 unspecified atom stereocenters. The standard InChI is InChI=1S/C15H19N3OS/c1-2-13-10-18-14(20-13)7-8-17-15(19)12-5-3-11(9-16)4-6-12/h3-6,10H,2,7-9,16H2,1H3,(H,17,19). The van der Waals surface area contributed by atoms with Crippen molar-refractivity contribution in [3.8, 4) is 0 Å². The first-order chi connectivity index (χ1) is 9.72. The van der Waals surface area contributed by atoms with Crippen molar-refractivity contribution in [2.75, 3.05) is 6.54 Å².